The fourth-order valence-electron chi connectivity index (χ4n) is 4.19. The molecule has 3 rings (SSSR count). The fourth-order valence-corrected chi connectivity index (χ4v) is 5.72. The van der Waals surface area contributed by atoms with Crippen molar-refractivity contribution in [3.8, 4) is 0 Å². The van der Waals surface area contributed by atoms with Crippen LogP contribution in [0.25, 0.3) is 0 Å². The van der Waals surface area contributed by atoms with Gasteiger partial charge in [-0.2, -0.15) is 0 Å². The van der Waals surface area contributed by atoms with Gasteiger partial charge in [0.2, 0.25) is 11.8 Å². The van der Waals surface area contributed by atoms with Crippen LogP contribution in [0.2, 0.25) is 5.02 Å². The van der Waals surface area contributed by atoms with E-state index in [0.29, 0.717) is 29.1 Å². The summed E-state index contributed by atoms with van der Waals surface area (Å²) in [6.07, 6.45) is 0.998. The monoisotopic (exact) mass is 587 g/mol. The smallest absolute Gasteiger partial charge is 0.264 e. The Kier molecular flexibility index (Phi) is 10.7. The van der Waals surface area contributed by atoms with Crippen LogP contribution in [-0.2, 0) is 26.2 Å². The van der Waals surface area contributed by atoms with E-state index < -0.39 is 34.3 Å². The Labute approximate surface area is 241 Å². The van der Waals surface area contributed by atoms with Gasteiger partial charge in [-0.25, -0.2) is 12.8 Å². The number of aryl methyl sites for hydroxylation is 1. The molecule has 2 unspecified atom stereocenters. The van der Waals surface area contributed by atoms with Crippen molar-refractivity contribution in [1.29, 1.82) is 0 Å². The van der Waals surface area contributed by atoms with E-state index in [0.717, 1.165) is 9.87 Å². The molecule has 2 amide bonds. The van der Waals surface area contributed by atoms with Crippen molar-refractivity contribution in [3.05, 3.63) is 94.8 Å². The zero-order valence-electron chi connectivity index (χ0n) is 23.1. The van der Waals surface area contributed by atoms with Gasteiger partial charge >= 0.3 is 0 Å². The standard InChI is InChI=1S/C30H35ClFN3O4S/c1-5-22(4)33-30(37)28(6-2)34(19-23-10-14-25(32)15-11-23)29(36)20-35(26-9-7-8-21(3)18-26)40(38,39)27-16-12-24(31)13-17-27/h7-18,22,28H,5-6,19-20H2,1-4H3,(H,33,37). The maximum Gasteiger partial charge on any atom is 0.264 e. The van der Waals surface area contributed by atoms with Gasteiger partial charge < -0.3 is 10.2 Å². The number of carbonyl (C=O) groups excluding carboxylic acids is 2. The number of carbonyl (C=O) groups is 2. The van der Waals surface area contributed by atoms with Gasteiger partial charge in [-0.05, 0) is 86.3 Å². The molecule has 0 radical (unpaired) electrons. The van der Waals surface area contributed by atoms with Gasteiger partial charge in [0.05, 0.1) is 10.6 Å². The first-order valence-electron chi connectivity index (χ1n) is 13.2. The Morgan fingerprint density at radius 1 is 0.975 bits per heavy atom. The summed E-state index contributed by atoms with van der Waals surface area (Å²) in [5, 5.41) is 3.30. The number of anilines is 1. The highest BCUT2D eigenvalue weighted by molar-refractivity contribution is 7.92. The van der Waals surface area contributed by atoms with Crippen LogP contribution < -0.4 is 9.62 Å². The highest BCUT2D eigenvalue weighted by Crippen LogP contribution is 2.26. The number of hydrogen-bond acceptors (Lipinski definition) is 4. The van der Waals surface area contributed by atoms with Crippen molar-refractivity contribution < 1.29 is 22.4 Å². The lowest BCUT2D eigenvalue weighted by Gasteiger charge is -2.33. The van der Waals surface area contributed by atoms with Crippen molar-refractivity contribution in [3.63, 3.8) is 0 Å². The highest BCUT2D eigenvalue weighted by Gasteiger charge is 2.34. The van der Waals surface area contributed by atoms with Crippen LogP contribution in [-0.4, -0.2) is 43.8 Å². The van der Waals surface area contributed by atoms with Crippen molar-refractivity contribution in [2.24, 2.45) is 0 Å². The van der Waals surface area contributed by atoms with Crippen molar-refractivity contribution >= 4 is 39.1 Å². The lowest BCUT2D eigenvalue weighted by atomic mass is 10.1. The number of benzene rings is 3. The molecule has 10 heteroatoms. The molecule has 40 heavy (non-hydrogen) atoms. The maximum atomic E-state index is 14.0. The maximum absolute atomic E-state index is 14.0. The van der Waals surface area contributed by atoms with Crippen LogP contribution >= 0.6 is 11.6 Å². The fraction of sp³-hybridized carbons (Fsp3) is 0.333. The minimum atomic E-state index is -4.19. The largest absolute Gasteiger partial charge is 0.352 e. The van der Waals surface area contributed by atoms with Crippen molar-refractivity contribution in [2.45, 2.75) is 64.1 Å². The molecule has 0 heterocycles. The summed E-state index contributed by atoms with van der Waals surface area (Å²) in [6, 6.07) is 17.2. The van der Waals surface area contributed by atoms with Gasteiger partial charge in [-0.1, -0.05) is 49.7 Å². The van der Waals surface area contributed by atoms with Crippen LogP contribution in [0.3, 0.4) is 0 Å². The van der Waals surface area contributed by atoms with Crippen molar-refractivity contribution in [1.82, 2.24) is 10.2 Å². The second kappa shape index (κ2) is 13.8. The van der Waals surface area contributed by atoms with Crippen LogP contribution in [0.15, 0.2) is 77.7 Å². The van der Waals surface area contributed by atoms with Crippen LogP contribution in [0, 0.1) is 12.7 Å². The molecule has 0 aliphatic rings. The predicted molar refractivity (Wildman–Crippen MR) is 156 cm³/mol. The van der Waals surface area contributed by atoms with Gasteiger partial charge in [0.15, 0.2) is 0 Å². The third kappa shape index (κ3) is 7.82. The summed E-state index contributed by atoms with van der Waals surface area (Å²) in [5.74, 6) is -1.34. The van der Waals surface area contributed by atoms with E-state index in [1.807, 2.05) is 26.8 Å². The topological polar surface area (TPSA) is 86.8 Å². The van der Waals surface area contributed by atoms with Crippen molar-refractivity contribution in [2.75, 3.05) is 10.8 Å². The zero-order chi connectivity index (χ0) is 29.4. The van der Waals surface area contributed by atoms with Gasteiger partial charge in [-0.15, -0.1) is 0 Å². The first-order valence-corrected chi connectivity index (χ1v) is 15.0. The molecule has 0 bridgehead atoms. The third-order valence-electron chi connectivity index (χ3n) is 6.62. The molecule has 2 atom stereocenters. The Hall–Kier alpha value is -3.43. The summed E-state index contributed by atoms with van der Waals surface area (Å²) in [4.78, 5) is 28.6. The third-order valence-corrected chi connectivity index (χ3v) is 8.66. The molecular formula is C30H35ClFN3O4S. The normalized spacial score (nSPS) is 12.8. The first kappa shape index (κ1) is 31.1. The number of sulfonamides is 1. The average molecular weight is 588 g/mol. The Balaban J connectivity index is 2.05. The minimum absolute atomic E-state index is 0.00576. The Morgan fingerprint density at radius 2 is 1.62 bits per heavy atom. The summed E-state index contributed by atoms with van der Waals surface area (Å²) in [7, 11) is -4.19. The minimum Gasteiger partial charge on any atom is -0.352 e. The predicted octanol–water partition coefficient (Wildman–Crippen LogP) is 5.70. The molecule has 1 N–H and O–H groups in total. The molecule has 3 aromatic carbocycles. The van der Waals surface area contributed by atoms with Gasteiger partial charge in [0.1, 0.15) is 18.4 Å². The van der Waals surface area contributed by atoms with E-state index in [1.165, 1.54) is 53.4 Å². The van der Waals surface area contributed by atoms with E-state index in [9.17, 15) is 22.4 Å². The number of rotatable bonds is 12. The Morgan fingerprint density at radius 3 is 2.20 bits per heavy atom. The summed E-state index contributed by atoms with van der Waals surface area (Å²) < 4.78 is 42.4. The number of nitrogens with one attached hydrogen (secondary N) is 1. The number of amides is 2. The molecule has 0 saturated carbocycles. The summed E-state index contributed by atoms with van der Waals surface area (Å²) in [6.45, 7) is 6.86. The van der Waals surface area contributed by atoms with E-state index in [2.05, 4.69) is 5.32 Å². The number of halogens is 2. The lowest BCUT2D eigenvalue weighted by molar-refractivity contribution is -0.140. The van der Waals surface area contributed by atoms with Crippen LogP contribution in [0.4, 0.5) is 10.1 Å². The number of hydrogen-bond donors (Lipinski definition) is 1. The molecule has 214 valence electrons. The van der Waals surface area contributed by atoms with E-state index in [1.54, 1.807) is 25.1 Å². The molecule has 0 aliphatic carbocycles. The zero-order valence-corrected chi connectivity index (χ0v) is 24.7. The molecule has 0 spiro atoms. The van der Waals surface area contributed by atoms with E-state index in [-0.39, 0.29) is 23.4 Å². The molecule has 0 aliphatic heterocycles. The molecule has 3 aromatic rings. The first-order chi connectivity index (χ1) is 19.0. The second-order valence-electron chi connectivity index (χ2n) is 9.69. The highest BCUT2D eigenvalue weighted by atomic mass is 35.5. The quantitative estimate of drug-likeness (QED) is 0.294. The molecular weight excluding hydrogens is 553 g/mol. The molecule has 7 nitrogen and oxygen atoms in total. The molecule has 0 fully saturated rings. The van der Waals surface area contributed by atoms with E-state index in [4.69, 9.17) is 11.6 Å². The summed E-state index contributed by atoms with van der Waals surface area (Å²) >= 11 is 5.99. The average Bonchev–Trinajstić information content (AvgIpc) is 2.92. The van der Waals surface area contributed by atoms with Crippen LogP contribution in [0.5, 0.6) is 0 Å². The second-order valence-corrected chi connectivity index (χ2v) is 12.0. The Bertz CT molecular complexity index is 1420. The van der Waals surface area contributed by atoms with E-state index >= 15 is 0 Å². The molecule has 0 aromatic heterocycles. The SMILES string of the molecule is CCC(C)NC(=O)C(CC)N(Cc1ccc(F)cc1)C(=O)CN(c1cccc(C)c1)S(=O)(=O)c1ccc(Cl)cc1. The van der Waals surface area contributed by atoms with Gasteiger partial charge in [0, 0.05) is 17.6 Å². The molecule has 0 saturated heterocycles. The van der Waals surface area contributed by atoms with Gasteiger partial charge in [0.25, 0.3) is 10.0 Å². The number of nitrogens with zero attached hydrogens (tertiary/aromatic N) is 2. The van der Waals surface area contributed by atoms with Gasteiger partial charge in [-0.3, -0.25) is 13.9 Å². The van der Waals surface area contributed by atoms with Crippen LogP contribution in [0.1, 0.15) is 44.7 Å². The summed E-state index contributed by atoms with van der Waals surface area (Å²) in [5.41, 5.74) is 1.72. The lowest BCUT2D eigenvalue weighted by Crippen LogP contribution is -2.53.